The summed E-state index contributed by atoms with van der Waals surface area (Å²) in [6, 6.07) is 0. The van der Waals surface area contributed by atoms with Crippen molar-refractivity contribution in [3.8, 4) is 0 Å². The van der Waals surface area contributed by atoms with E-state index in [1.807, 2.05) is 0 Å². The highest BCUT2D eigenvalue weighted by atomic mass is 16.5. The fraction of sp³-hybridized carbons (Fsp3) is 0.900. The average molecular weight is 621 g/mol. The fourth-order valence-corrected chi connectivity index (χ4v) is 6.06. The van der Waals surface area contributed by atoms with Crippen LogP contribution in [0, 0.1) is 0 Å². The topological polar surface area (TPSA) is 63.6 Å². The van der Waals surface area contributed by atoms with Crippen LogP contribution in [0.2, 0.25) is 0 Å². The molecule has 0 saturated carbocycles. The van der Waals surface area contributed by atoms with Gasteiger partial charge in [-0.25, -0.2) is 0 Å². The number of unbranched alkanes of at least 4 members (excludes halogenated alkanes) is 25. The molecular weight excluding hydrogens is 544 g/mol. The summed E-state index contributed by atoms with van der Waals surface area (Å²) in [4.78, 5) is 23.2. The molecule has 0 saturated heterocycles. The molecule has 0 aliphatic heterocycles. The molecule has 0 radical (unpaired) electrons. The number of allylic oxidation sites excluding steroid dienone is 2. The summed E-state index contributed by atoms with van der Waals surface area (Å²) in [5.41, 5.74) is 0. The third-order valence-electron chi connectivity index (χ3n) is 8.99. The molecule has 1 atom stereocenters. The molecule has 44 heavy (non-hydrogen) atoms. The van der Waals surface area contributed by atoms with E-state index in [4.69, 9.17) is 9.84 Å². The van der Waals surface area contributed by atoms with E-state index in [0.717, 1.165) is 38.5 Å². The van der Waals surface area contributed by atoms with E-state index < -0.39 is 5.97 Å². The molecule has 0 aromatic rings. The maximum atomic E-state index is 12.6. The number of hydrogen-bond donors (Lipinski definition) is 1. The minimum atomic E-state index is -0.668. The number of carboxylic acids is 1. The lowest BCUT2D eigenvalue weighted by atomic mass is 10.0. The molecule has 4 heteroatoms. The van der Waals surface area contributed by atoms with Crippen LogP contribution in [0.15, 0.2) is 12.2 Å². The predicted molar refractivity (Wildman–Crippen MR) is 190 cm³/mol. The predicted octanol–water partition coefficient (Wildman–Crippen LogP) is 13.5. The minimum absolute atomic E-state index is 0.0360. The highest BCUT2D eigenvalue weighted by molar-refractivity contribution is 5.69. The molecule has 0 aliphatic carbocycles. The van der Waals surface area contributed by atoms with Crippen molar-refractivity contribution in [1.82, 2.24) is 0 Å². The fourth-order valence-electron chi connectivity index (χ4n) is 6.06. The highest BCUT2D eigenvalue weighted by Crippen LogP contribution is 2.19. The lowest BCUT2D eigenvalue weighted by molar-refractivity contribution is -0.150. The standard InChI is InChI=1S/C40H76O4/c1-3-5-7-9-11-12-13-14-19-22-25-29-33-37-40(43)44-38(34-30-26-10-8-6-4-2)35-31-27-23-20-17-15-16-18-21-24-28-32-36-39(41)42/h12-13,38H,3-11,14-37H2,1-2H3,(H,41,42)/b13-12-. The highest BCUT2D eigenvalue weighted by Gasteiger charge is 2.14. The normalized spacial score (nSPS) is 12.2. The average Bonchev–Trinajstić information content (AvgIpc) is 3.01. The van der Waals surface area contributed by atoms with Crippen LogP contribution < -0.4 is 0 Å². The van der Waals surface area contributed by atoms with Crippen LogP contribution in [0.3, 0.4) is 0 Å². The van der Waals surface area contributed by atoms with Gasteiger partial charge >= 0.3 is 11.9 Å². The second-order valence-corrected chi connectivity index (χ2v) is 13.5. The Morgan fingerprint density at radius 1 is 0.477 bits per heavy atom. The van der Waals surface area contributed by atoms with Crippen molar-refractivity contribution < 1.29 is 19.4 Å². The first kappa shape index (κ1) is 42.7. The summed E-state index contributed by atoms with van der Waals surface area (Å²) >= 11 is 0. The molecular formula is C40H76O4. The molecule has 0 rings (SSSR count). The van der Waals surface area contributed by atoms with Crippen LogP contribution in [0.4, 0.5) is 0 Å². The Bertz CT molecular complexity index is 629. The summed E-state index contributed by atoms with van der Waals surface area (Å²) in [5, 5.41) is 8.69. The number of hydrogen-bond acceptors (Lipinski definition) is 3. The van der Waals surface area contributed by atoms with Crippen LogP contribution in [-0.2, 0) is 14.3 Å². The van der Waals surface area contributed by atoms with Gasteiger partial charge in [-0.1, -0.05) is 161 Å². The first-order chi connectivity index (χ1) is 21.6. The Morgan fingerprint density at radius 2 is 0.818 bits per heavy atom. The minimum Gasteiger partial charge on any atom is -0.481 e. The number of aliphatic carboxylic acids is 1. The van der Waals surface area contributed by atoms with Gasteiger partial charge in [-0.3, -0.25) is 9.59 Å². The van der Waals surface area contributed by atoms with Crippen molar-refractivity contribution in [2.45, 2.75) is 232 Å². The van der Waals surface area contributed by atoms with E-state index in [-0.39, 0.29) is 12.1 Å². The largest absolute Gasteiger partial charge is 0.481 e. The van der Waals surface area contributed by atoms with Crippen LogP contribution in [0.1, 0.15) is 226 Å². The second kappa shape index (κ2) is 36.2. The van der Waals surface area contributed by atoms with Gasteiger partial charge in [0.15, 0.2) is 0 Å². The van der Waals surface area contributed by atoms with Crippen LogP contribution in [0.25, 0.3) is 0 Å². The van der Waals surface area contributed by atoms with E-state index >= 15 is 0 Å². The second-order valence-electron chi connectivity index (χ2n) is 13.5. The number of carbonyl (C=O) groups excluding carboxylic acids is 1. The third-order valence-corrected chi connectivity index (χ3v) is 8.99. The van der Waals surface area contributed by atoms with Gasteiger partial charge in [0.2, 0.25) is 0 Å². The smallest absolute Gasteiger partial charge is 0.306 e. The third kappa shape index (κ3) is 35.2. The molecule has 0 amide bonds. The summed E-state index contributed by atoms with van der Waals surface area (Å²) < 4.78 is 6.03. The van der Waals surface area contributed by atoms with Gasteiger partial charge in [-0.2, -0.15) is 0 Å². The van der Waals surface area contributed by atoms with Crippen LogP contribution in [-0.4, -0.2) is 23.1 Å². The molecule has 0 heterocycles. The summed E-state index contributed by atoms with van der Waals surface area (Å²) in [7, 11) is 0. The van der Waals surface area contributed by atoms with Crippen molar-refractivity contribution in [2.75, 3.05) is 0 Å². The molecule has 0 aromatic heterocycles. The Hall–Kier alpha value is -1.32. The van der Waals surface area contributed by atoms with Crippen LogP contribution >= 0.6 is 0 Å². The van der Waals surface area contributed by atoms with Gasteiger partial charge in [0.05, 0.1) is 0 Å². The van der Waals surface area contributed by atoms with E-state index in [0.29, 0.717) is 12.8 Å². The van der Waals surface area contributed by atoms with Crippen LogP contribution in [0.5, 0.6) is 0 Å². The van der Waals surface area contributed by atoms with Gasteiger partial charge in [0.25, 0.3) is 0 Å². The number of carbonyl (C=O) groups is 2. The van der Waals surface area contributed by atoms with Gasteiger partial charge in [-0.15, -0.1) is 0 Å². The summed E-state index contributed by atoms with van der Waals surface area (Å²) in [5.74, 6) is -0.633. The van der Waals surface area contributed by atoms with E-state index in [1.165, 1.54) is 161 Å². The van der Waals surface area contributed by atoms with Gasteiger partial charge in [0, 0.05) is 12.8 Å². The van der Waals surface area contributed by atoms with E-state index in [2.05, 4.69) is 26.0 Å². The molecule has 0 aliphatic rings. The number of rotatable bonds is 36. The monoisotopic (exact) mass is 621 g/mol. The van der Waals surface area contributed by atoms with E-state index in [9.17, 15) is 9.59 Å². The quantitative estimate of drug-likeness (QED) is 0.0430. The molecule has 0 aromatic carbocycles. The van der Waals surface area contributed by atoms with E-state index in [1.54, 1.807) is 0 Å². The Morgan fingerprint density at radius 3 is 1.25 bits per heavy atom. The van der Waals surface area contributed by atoms with Crippen molar-refractivity contribution in [1.29, 1.82) is 0 Å². The Balaban J connectivity index is 3.93. The van der Waals surface area contributed by atoms with Crippen molar-refractivity contribution in [3.63, 3.8) is 0 Å². The number of ether oxygens (including phenoxy) is 1. The Kier molecular flexibility index (Phi) is 35.1. The lowest BCUT2D eigenvalue weighted by Crippen LogP contribution is -2.18. The van der Waals surface area contributed by atoms with Crippen molar-refractivity contribution in [3.05, 3.63) is 12.2 Å². The first-order valence-electron chi connectivity index (χ1n) is 19.7. The summed E-state index contributed by atoms with van der Waals surface area (Å²) in [6.07, 6.45) is 43.9. The zero-order chi connectivity index (χ0) is 32.2. The molecule has 4 nitrogen and oxygen atoms in total. The number of esters is 1. The molecule has 0 spiro atoms. The zero-order valence-corrected chi connectivity index (χ0v) is 29.7. The zero-order valence-electron chi connectivity index (χ0n) is 29.7. The molecule has 1 unspecified atom stereocenters. The maximum Gasteiger partial charge on any atom is 0.306 e. The molecule has 260 valence electrons. The first-order valence-corrected chi connectivity index (χ1v) is 19.7. The summed E-state index contributed by atoms with van der Waals surface area (Å²) in [6.45, 7) is 4.53. The lowest BCUT2D eigenvalue weighted by Gasteiger charge is -2.18. The van der Waals surface area contributed by atoms with Crippen molar-refractivity contribution >= 4 is 11.9 Å². The molecule has 0 fully saturated rings. The van der Waals surface area contributed by atoms with Gasteiger partial charge in [-0.05, 0) is 64.2 Å². The van der Waals surface area contributed by atoms with Crippen molar-refractivity contribution in [2.24, 2.45) is 0 Å². The maximum absolute atomic E-state index is 12.6. The molecule has 0 bridgehead atoms. The Labute approximate surface area is 275 Å². The van der Waals surface area contributed by atoms with Gasteiger partial charge in [0.1, 0.15) is 6.10 Å². The molecule has 1 N–H and O–H groups in total. The van der Waals surface area contributed by atoms with Gasteiger partial charge < -0.3 is 9.84 Å². The SMILES string of the molecule is CCCCCC/C=C\CCCCCCCC(=O)OC(CCCCCCCC)CCCCCCCCCCCCCCC(=O)O. The number of carboxylic acid groups (broad SMARTS) is 1.